The van der Waals surface area contributed by atoms with Crippen molar-refractivity contribution in [3.8, 4) is 0 Å². The summed E-state index contributed by atoms with van der Waals surface area (Å²) in [5.41, 5.74) is -0.0874. The minimum atomic E-state index is -0.580. The molecule has 0 aliphatic rings. The van der Waals surface area contributed by atoms with E-state index in [0.717, 1.165) is 0 Å². The summed E-state index contributed by atoms with van der Waals surface area (Å²) in [5.74, 6) is -0.696. The second-order valence-corrected chi connectivity index (χ2v) is 3.99. The molecule has 90 valence electrons. The highest BCUT2D eigenvalue weighted by Crippen LogP contribution is 2.17. The van der Waals surface area contributed by atoms with Crippen LogP contribution >= 0.6 is 0 Å². The molecule has 0 aliphatic heterocycles. The molecular formula is C12H17F2NO. The van der Waals surface area contributed by atoms with E-state index < -0.39 is 11.6 Å². The molecule has 16 heavy (non-hydrogen) atoms. The summed E-state index contributed by atoms with van der Waals surface area (Å²) in [6.07, 6.45) is 0. The SMILES string of the molecule is CC(C)COCCNc1c(F)cccc1F. The highest BCUT2D eigenvalue weighted by Gasteiger charge is 2.06. The van der Waals surface area contributed by atoms with E-state index in [1.54, 1.807) is 0 Å². The second-order valence-electron chi connectivity index (χ2n) is 3.99. The number of ether oxygens (including phenoxy) is 1. The predicted molar refractivity (Wildman–Crippen MR) is 60.5 cm³/mol. The Hall–Kier alpha value is -1.16. The summed E-state index contributed by atoms with van der Waals surface area (Å²) in [5, 5.41) is 2.68. The van der Waals surface area contributed by atoms with Gasteiger partial charge in [0.25, 0.3) is 0 Å². The van der Waals surface area contributed by atoms with Crippen LogP contribution < -0.4 is 5.32 Å². The van der Waals surface area contributed by atoms with Gasteiger partial charge in [-0.05, 0) is 18.1 Å². The van der Waals surface area contributed by atoms with Crippen molar-refractivity contribution in [1.29, 1.82) is 0 Å². The van der Waals surface area contributed by atoms with Crippen molar-refractivity contribution >= 4 is 5.69 Å². The zero-order valence-electron chi connectivity index (χ0n) is 9.59. The topological polar surface area (TPSA) is 21.3 Å². The maximum absolute atomic E-state index is 13.1. The van der Waals surface area contributed by atoms with Crippen LogP contribution in [0.5, 0.6) is 0 Å². The van der Waals surface area contributed by atoms with Gasteiger partial charge in [0.1, 0.15) is 17.3 Å². The molecule has 0 aliphatic carbocycles. The van der Waals surface area contributed by atoms with Crippen LogP contribution in [0, 0.1) is 17.6 Å². The van der Waals surface area contributed by atoms with Gasteiger partial charge in [0, 0.05) is 13.2 Å². The number of nitrogens with one attached hydrogen (secondary N) is 1. The minimum Gasteiger partial charge on any atom is -0.379 e. The lowest BCUT2D eigenvalue weighted by Gasteiger charge is -2.10. The second kappa shape index (κ2) is 6.43. The molecule has 0 saturated heterocycles. The summed E-state index contributed by atoms with van der Waals surface area (Å²) < 4.78 is 31.6. The molecule has 0 heterocycles. The maximum atomic E-state index is 13.1. The van der Waals surface area contributed by atoms with Gasteiger partial charge in [-0.15, -0.1) is 0 Å². The predicted octanol–water partition coefficient (Wildman–Crippen LogP) is 3.05. The fourth-order valence-corrected chi connectivity index (χ4v) is 1.23. The molecule has 2 nitrogen and oxygen atoms in total. The van der Waals surface area contributed by atoms with Gasteiger partial charge < -0.3 is 10.1 Å². The van der Waals surface area contributed by atoms with Gasteiger partial charge in [0.15, 0.2) is 0 Å². The zero-order valence-corrected chi connectivity index (χ0v) is 9.59. The largest absolute Gasteiger partial charge is 0.379 e. The van der Waals surface area contributed by atoms with Crippen LogP contribution in [0.1, 0.15) is 13.8 Å². The van der Waals surface area contributed by atoms with E-state index in [0.29, 0.717) is 25.7 Å². The fourth-order valence-electron chi connectivity index (χ4n) is 1.23. The van der Waals surface area contributed by atoms with E-state index in [2.05, 4.69) is 5.32 Å². The van der Waals surface area contributed by atoms with Crippen molar-refractivity contribution in [1.82, 2.24) is 0 Å². The Balaban J connectivity index is 2.32. The van der Waals surface area contributed by atoms with Gasteiger partial charge in [-0.3, -0.25) is 0 Å². The van der Waals surface area contributed by atoms with Crippen LogP contribution in [0.3, 0.4) is 0 Å². The Labute approximate surface area is 94.6 Å². The molecule has 0 fully saturated rings. The van der Waals surface area contributed by atoms with Gasteiger partial charge in [-0.2, -0.15) is 0 Å². The average Bonchev–Trinajstić information content (AvgIpc) is 2.21. The van der Waals surface area contributed by atoms with E-state index in [9.17, 15) is 8.78 Å². The number of para-hydroxylation sites is 1. The average molecular weight is 229 g/mol. The molecule has 0 aromatic heterocycles. The lowest BCUT2D eigenvalue weighted by molar-refractivity contribution is 0.118. The van der Waals surface area contributed by atoms with Gasteiger partial charge in [-0.25, -0.2) is 8.78 Å². The molecule has 4 heteroatoms. The quantitative estimate of drug-likeness (QED) is 0.757. The lowest BCUT2D eigenvalue weighted by atomic mass is 10.2. The first-order chi connectivity index (χ1) is 7.61. The number of benzene rings is 1. The summed E-state index contributed by atoms with van der Waals surface area (Å²) >= 11 is 0. The molecule has 0 spiro atoms. The van der Waals surface area contributed by atoms with Gasteiger partial charge >= 0.3 is 0 Å². The number of halogens is 2. The van der Waals surface area contributed by atoms with Crippen molar-refractivity contribution < 1.29 is 13.5 Å². The lowest BCUT2D eigenvalue weighted by Crippen LogP contribution is -2.13. The maximum Gasteiger partial charge on any atom is 0.149 e. The monoisotopic (exact) mass is 229 g/mol. The third kappa shape index (κ3) is 4.14. The third-order valence-corrected chi connectivity index (χ3v) is 1.96. The standard InChI is InChI=1S/C12H17F2NO/c1-9(2)8-16-7-6-15-12-10(13)4-3-5-11(12)14/h3-5,9,15H,6-8H2,1-2H3. The van der Waals surface area contributed by atoms with Crippen molar-refractivity contribution in [2.24, 2.45) is 5.92 Å². The van der Waals surface area contributed by atoms with Crippen molar-refractivity contribution in [3.63, 3.8) is 0 Å². The third-order valence-electron chi connectivity index (χ3n) is 1.96. The van der Waals surface area contributed by atoms with Crippen molar-refractivity contribution in [2.75, 3.05) is 25.1 Å². The minimum absolute atomic E-state index is 0.0874. The molecule has 0 atom stereocenters. The number of hydrogen-bond donors (Lipinski definition) is 1. The van der Waals surface area contributed by atoms with Crippen LogP contribution in [0.15, 0.2) is 18.2 Å². The van der Waals surface area contributed by atoms with Crippen LogP contribution in [-0.2, 0) is 4.74 Å². The molecule has 0 unspecified atom stereocenters. The van der Waals surface area contributed by atoms with Crippen LogP contribution in [0.2, 0.25) is 0 Å². The summed E-state index contributed by atoms with van der Waals surface area (Å²) in [4.78, 5) is 0. The summed E-state index contributed by atoms with van der Waals surface area (Å²) in [6.45, 7) is 5.58. The molecule has 0 saturated carbocycles. The Morgan fingerprint density at radius 2 is 1.88 bits per heavy atom. The molecule has 1 rings (SSSR count). The van der Waals surface area contributed by atoms with Crippen LogP contribution in [0.4, 0.5) is 14.5 Å². The zero-order chi connectivity index (χ0) is 12.0. The molecule has 1 aromatic rings. The molecule has 1 N–H and O–H groups in total. The number of hydrogen-bond acceptors (Lipinski definition) is 2. The Morgan fingerprint density at radius 1 is 1.25 bits per heavy atom. The molecular weight excluding hydrogens is 212 g/mol. The molecule has 0 radical (unpaired) electrons. The first kappa shape index (κ1) is 12.9. The van der Waals surface area contributed by atoms with Crippen molar-refractivity contribution in [2.45, 2.75) is 13.8 Å². The van der Waals surface area contributed by atoms with Crippen LogP contribution in [-0.4, -0.2) is 19.8 Å². The molecule has 1 aromatic carbocycles. The Bertz CT molecular complexity index is 309. The highest BCUT2D eigenvalue weighted by molar-refractivity contribution is 5.45. The van der Waals surface area contributed by atoms with Crippen LogP contribution in [0.25, 0.3) is 0 Å². The van der Waals surface area contributed by atoms with Crippen molar-refractivity contribution in [3.05, 3.63) is 29.8 Å². The number of rotatable bonds is 6. The first-order valence-electron chi connectivity index (χ1n) is 5.37. The van der Waals surface area contributed by atoms with Gasteiger partial charge in [0.05, 0.1) is 6.61 Å². The van der Waals surface area contributed by atoms with E-state index >= 15 is 0 Å². The van der Waals surface area contributed by atoms with Gasteiger partial charge in [0.2, 0.25) is 0 Å². The Morgan fingerprint density at radius 3 is 2.44 bits per heavy atom. The smallest absolute Gasteiger partial charge is 0.149 e. The Kier molecular flexibility index (Phi) is 5.19. The highest BCUT2D eigenvalue weighted by atomic mass is 19.1. The summed E-state index contributed by atoms with van der Waals surface area (Å²) in [7, 11) is 0. The number of anilines is 1. The van der Waals surface area contributed by atoms with Gasteiger partial charge in [-0.1, -0.05) is 19.9 Å². The normalized spacial score (nSPS) is 10.8. The van der Waals surface area contributed by atoms with E-state index in [1.807, 2.05) is 13.8 Å². The first-order valence-corrected chi connectivity index (χ1v) is 5.37. The fraction of sp³-hybridized carbons (Fsp3) is 0.500. The van der Waals surface area contributed by atoms with E-state index in [1.165, 1.54) is 18.2 Å². The van der Waals surface area contributed by atoms with E-state index in [-0.39, 0.29) is 5.69 Å². The summed E-state index contributed by atoms with van der Waals surface area (Å²) in [6, 6.07) is 3.78. The molecule has 0 amide bonds. The molecule has 0 bridgehead atoms. The van der Waals surface area contributed by atoms with E-state index in [4.69, 9.17) is 4.74 Å².